The summed E-state index contributed by atoms with van der Waals surface area (Å²) in [6.45, 7) is 4.85. The van der Waals surface area contributed by atoms with Crippen LogP contribution in [0, 0.1) is 12.8 Å². The Balaban J connectivity index is 1.43. The van der Waals surface area contributed by atoms with E-state index >= 15 is 0 Å². The highest BCUT2D eigenvalue weighted by atomic mass is 16.5. The van der Waals surface area contributed by atoms with Crippen LogP contribution in [0.25, 0.3) is 0 Å². The molecule has 0 spiro atoms. The van der Waals surface area contributed by atoms with Gasteiger partial charge in [-0.05, 0) is 49.9 Å². The Morgan fingerprint density at radius 3 is 2.56 bits per heavy atom. The smallest absolute Gasteiger partial charge is 0.225 e. The minimum Gasteiger partial charge on any atom is -0.497 e. The molecular weight excluding hydrogens is 398 g/mol. The lowest BCUT2D eigenvalue weighted by Crippen LogP contribution is -2.61. The number of nitrogens with zero attached hydrogens (tertiary/aromatic N) is 2. The minimum atomic E-state index is -0.0360. The average Bonchev–Trinajstić information content (AvgIpc) is 2.84. The molecule has 5 heteroatoms. The highest BCUT2D eigenvalue weighted by Crippen LogP contribution is 2.39. The first-order chi connectivity index (χ1) is 15.6. The summed E-state index contributed by atoms with van der Waals surface area (Å²) in [6, 6.07) is 15.6. The number of methoxy groups -OCH3 is 1. The number of ether oxygens (including phenoxy) is 1. The third-order valence-corrected chi connectivity index (χ3v) is 7.61. The van der Waals surface area contributed by atoms with E-state index in [9.17, 15) is 4.79 Å². The number of aryl methyl sites for hydroxylation is 1. The predicted octanol–water partition coefficient (Wildman–Crippen LogP) is 4.32. The Hall–Kier alpha value is -2.69. The Labute approximate surface area is 191 Å². The van der Waals surface area contributed by atoms with Gasteiger partial charge in [0.2, 0.25) is 5.91 Å². The van der Waals surface area contributed by atoms with Crippen LogP contribution < -0.4 is 19.9 Å². The fraction of sp³-hybridized carbons (Fsp3) is 0.519. The van der Waals surface area contributed by atoms with Crippen LogP contribution in [0.15, 0.2) is 42.5 Å². The van der Waals surface area contributed by atoms with Gasteiger partial charge in [-0.25, -0.2) is 0 Å². The van der Waals surface area contributed by atoms with E-state index in [0.717, 1.165) is 44.6 Å². The van der Waals surface area contributed by atoms with Gasteiger partial charge in [-0.1, -0.05) is 43.0 Å². The summed E-state index contributed by atoms with van der Waals surface area (Å²) in [7, 11) is 1.72. The third-order valence-electron chi connectivity index (χ3n) is 7.61. The van der Waals surface area contributed by atoms with Crippen LogP contribution in [-0.4, -0.2) is 44.7 Å². The Morgan fingerprint density at radius 2 is 1.81 bits per heavy atom. The summed E-state index contributed by atoms with van der Waals surface area (Å²) in [6.07, 6.45) is 6.80. The van der Waals surface area contributed by atoms with Crippen LogP contribution in [0.1, 0.15) is 43.2 Å². The highest BCUT2D eigenvalue weighted by molar-refractivity contribution is 5.83. The molecule has 1 amide bonds. The second kappa shape index (κ2) is 9.05. The quantitative estimate of drug-likeness (QED) is 0.780. The molecule has 2 aliphatic heterocycles. The zero-order valence-electron chi connectivity index (χ0n) is 19.3. The summed E-state index contributed by atoms with van der Waals surface area (Å²) in [5.41, 5.74) is 5.02. The van der Waals surface area contributed by atoms with Crippen LogP contribution in [0.3, 0.4) is 0 Å². The SMILES string of the molecule is COc1ccc2c(c1)N1CCN(c3ccc(C)cc3)CC1C(C(=O)NC1CCCCC1)C2. The maximum atomic E-state index is 13.6. The lowest BCUT2D eigenvalue weighted by atomic mass is 9.82. The van der Waals surface area contributed by atoms with Crippen molar-refractivity contribution in [3.63, 3.8) is 0 Å². The molecule has 32 heavy (non-hydrogen) atoms. The fourth-order valence-corrected chi connectivity index (χ4v) is 5.75. The monoisotopic (exact) mass is 433 g/mol. The van der Waals surface area contributed by atoms with Crippen molar-refractivity contribution in [1.29, 1.82) is 0 Å². The van der Waals surface area contributed by atoms with E-state index in [1.165, 1.54) is 41.8 Å². The molecule has 2 aromatic rings. The van der Waals surface area contributed by atoms with Gasteiger partial charge in [0.05, 0.1) is 19.1 Å². The lowest BCUT2D eigenvalue weighted by molar-refractivity contribution is -0.126. The molecule has 0 bridgehead atoms. The van der Waals surface area contributed by atoms with Crippen molar-refractivity contribution < 1.29 is 9.53 Å². The number of benzene rings is 2. The molecule has 1 saturated heterocycles. The van der Waals surface area contributed by atoms with Gasteiger partial charge in [-0.3, -0.25) is 4.79 Å². The number of anilines is 2. The Morgan fingerprint density at radius 1 is 1.03 bits per heavy atom. The summed E-state index contributed by atoms with van der Waals surface area (Å²) in [5, 5.41) is 3.43. The number of piperazine rings is 1. The molecule has 1 N–H and O–H groups in total. The number of amides is 1. The summed E-state index contributed by atoms with van der Waals surface area (Å²) >= 11 is 0. The van der Waals surface area contributed by atoms with Crippen molar-refractivity contribution in [2.45, 2.75) is 57.5 Å². The summed E-state index contributed by atoms with van der Waals surface area (Å²) in [5.74, 6) is 1.08. The maximum absolute atomic E-state index is 13.6. The number of fused-ring (bicyclic) bond motifs is 3. The second-order valence-electron chi connectivity index (χ2n) is 9.69. The van der Waals surface area contributed by atoms with E-state index in [-0.39, 0.29) is 17.9 Å². The Kier molecular flexibility index (Phi) is 5.99. The van der Waals surface area contributed by atoms with E-state index in [2.05, 4.69) is 58.4 Å². The first-order valence-electron chi connectivity index (χ1n) is 12.2. The molecule has 3 aliphatic rings. The van der Waals surface area contributed by atoms with E-state index in [1.54, 1.807) is 7.11 Å². The number of carbonyl (C=O) groups excluding carboxylic acids is 1. The number of rotatable bonds is 4. The summed E-state index contributed by atoms with van der Waals surface area (Å²) in [4.78, 5) is 18.5. The molecular formula is C27H35N3O2. The van der Waals surface area contributed by atoms with Gasteiger partial charge in [0.1, 0.15) is 5.75 Å². The number of carbonyl (C=O) groups is 1. The van der Waals surface area contributed by atoms with E-state index < -0.39 is 0 Å². The van der Waals surface area contributed by atoms with Crippen molar-refractivity contribution in [3.8, 4) is 5.75 Å². The van der Waals surface area contributed by atoms with Gasteiger partial charge in [0.15, 0.2) is 0 Å². The zero-order chi connectivity index (χ0) is 22.1. The van der Waals surface area contributed by atoms with Crippen LogP contribution in [0.2, 0.25) is 0 Å². The highest BCUT2D eigenvalue weighted by Gasteiger charge is 2.42. The van der Waals surface area contributed by atoms with Crippen molar-refractivity contribution in [2.75, 3.05) is 36.5 Å². The molecule has 170 valence electrons. The van der Waals surface area contributed by atoms with Gasteiger partial charge in [-0.2, -0.15) is 0 Å². The van der Waals surface area contributed by atoms with Crippen molar-refractivity contribution in [2.24, 2.45) is 5.92 Å². The molecule has 2 unspecified atom stereocenters. The number of nitrogens with one attached hydrogen (secondary N) is 1. The van der Waals surface area contributed by atoms with E-state index in [4.69, 9.17) is 4.74 Å². The average molecular weight is 434 g/mol. The van der Waals surface area contributed by atoms with Gasteiger partial charge in [0.25, 0.3) is 0 Å². The molecule has 2 fully saturated rings. The number of hydrogen-bond acceptors (Lipinski definition) is 4. The van der Waals surface area contributed by atoms with Gasteiger partial charge in [-0.15, -0.1) is 0 Å². The standard InChI is InChI=1S/C27H35N3O2/c1-19-8-11-22(12-9-19)29-14-15-30-25-17-23(32-2)13-10-20(25)16-24(26(30)18-29)27(31)28-21-6-4-3-5-7-21/h8-13,17,21,24,26H,3-7,14-16,18H2,1-2H3,(H,28,31). The molecule has 2 atom stereocenters. The van der Waals surface area contributed by atoms with E-state index in [0.29, 0.717) is 6.04 Å². The molecule has 5 nitrogen and oxygen atoms in total. The molecule has 2 aromatic carbocycles. The predicted molar refractivity (Wildman–Crippen MR) is 130 cm³/mol. The molecule has 0 radical (unpaired) electrons. The maximum Gasteiger partial charge on any atom is 0.225 e. The van der Waals surface area contributed by atoms with E-state index in [1.807, 2.05) is 6.07 Å². The molecule has 0 aromatic heterocycles. The molecule has 1 saturated carbocycles. The topological polar surface area (TPSA) is 44.8 Å². The lowest BCUT2D eigenvalue weighted by Gasteiger charge is -2.50. The molecule has 5 rings (SSSR count). The second-order valence-corrected chi connectivity index (χ2v) is 9.69. The molecule has 2 heterocycles. The van der Waals surface area contributed by atoms with Gasteiger partial charge >= 0.3 is 0 Å². The fourth-order valence-electron chi connectivity index (χ4n) is 5.75. The normalized spacial score (nSPS) is 23.3. The zero-order valence-corrected chi connectivity index (χ0v) is 19.3. The van der Waals surface area contributed by atoms with Crippen LogP contribution in [-0.2, 0) is 11.2 Å². The molecule has 1 aliphatic carbocycles. The summed E-state index contributed by atoms with van der Waals surface area (Å²) < 4.78 is 5.52. The Bertz CT molecular complexity index is 952. The van der Waals surface area contributed by atoms with Gasteiger partial charge in [0, 0.05) is 43.1 Å². The third kappa shape index (κ3) is 4.17. The van der Waals surface area contributed by atoms with Crippen molar-refractivity contribution in [1.82, 2.24) is 5.32 Å². The van der Waals surface area contributed by atoms with Crippen LogP contribution in [0.5, 0.6) is 5.75 Å². The van der Waals surface area contributed by atoms with Crippen LogP contribution >= 0.6 is 0 Å². The van der Waals surface area contributed by atoms with Crippen molar-refractivity contribution >= 4 is 17.3 Å². The van der Waals surface area contributed by atoms with Gasteiger partial charge < -0.3 is 19.9 Å². The van der Waals surface area contributed by atoms with Crippen LogP contribution in [0.4, 0.5) is 11.4 Å². The first-order valence-corrected chi connectivity index (χ1v) is 12.2. The number of hydrogen-bond donors (Lipinski definition) is 1. The first kappa shape index (κ1) is 21.2. The minimum absolute atomic E-state index is 0.0360. The van der Waals surface area contributed by atoms with Crippen molar-refractivity contribution in [3.05, 3.63) is 53.6 Å². The largest absolute Gasteiger partial charge is 0.497 e.